The van der Waals surface area contributed by atoms with E-state index in [4.69, 9.17) is 16.3 Å². The fraction of sp³-hybridized carbons (Fsp3) is 0.316. The summed E-state index contributed by atoms with van der Waals surface area (Å²) in [6, 6.07) is 12.2. The van der Waals surface area contributed by atoms with Crippen LogP contribution in [0.5, 0.6) is 5.75 Å². The minimum absolute atomic E-state index is 0.0377. The molecule has 8 heteroatoms. The standard InChI is InChI=1S/C19H19ClFNO4S/c20-17-6-1-2-7-18(17)26-12-19(23)22(16-8-9-27(24,25)13-16)11-14-4-3-5-15(21)10-14/h1-7,10,16H,8-9,11-13H2/t16-/m1/s1. The van der Waals surface area contributed by atoms with Crippen LogP contribution in [0.25, 0.3) is 0 Å². The van der Waals surface area contributed by atoms with Crippen molar-refractivity contribution in [3.8, 4) is 5.75 Å². The van der Waals surface area contributed by atoms with Crippen molar-refractivity contribution < 1.29 is 22.3 Å². The summed E-state index contributed by atoms with van der Waals surface area (Å²) < 4.78 is 42.7. The number of amides is 1. The molecule has 2 aromatic carbocycles. The van der Waals surface area contributed by atoms with Crippen molar-refractivity contribution in [2.45, 2.75) is 19.0 Å². The third-order valence-corrected chi connectivity index (χ3v) is 6.46. The van der Waals surface area contributed by atoms with Crippen LogP contribution in [0.2, 0.25) is 5.02 Å². The SMILES string of the molecule is O=C(COc1ccccc1Cl)N(Cc1cccc(F)c1)[C@@H]1CCS(=O)(=O)C1. The predicted molar refractivity (Wildman–Crippen MR) is 101 cm³/mol. The predicted octanol–water partition coefficient (Wildman–Crippen LogP) is 3.07. The molecule has 0 spiro atoms. The van der Waals surface area contributed by atoms with Crippen molar-refractivity contribution in [2.24, 2.45) is 0 Å². The van der Waals surface area contributed by atoms with Gasteiger partial charge in [0.15, 0.2) is 16.4 Å². The molecule has 0 radical (unpaired) electrons. The number of hydrogen-bond donors (Lipinski definition) is 0. The molecule has 1 aliphatic rings. The van der Waals surface area contributed by atoms with Gasteiger partial charge < -0.3 is 9.64 Å². The highest BCUT2D eigenvalue weighted by molar-refractivity contribution is 7.91. The van der Waals surface area contributed by atoms with Crippen molar-refractivity contribution in [1.29, 1.82) is 0 Å². The van der Waals surface area contributed by atoms with E-state index >= 15 is 0 Å². The Kier molecular flexibility index (Phi) is 6.01. The number of benzene rings is 2. The lowest BCUT2D eigenvalue weighted by Gasteiger charge is -2.28. The van der Waals surface area contributed by atoms with E-state index in [0.717, 1.165) is 0 Å². The van der Waals surface area contributed by atoms with Gasteiger partial charge in [-0.15, -0.1) is 0 Å². The first kappa shape index (κ1) is 19.6. The van der Waals surface area contributed by atoms with Crippen molar-refractivity contribution in [1.82, 2.24) is 4.90 Å². The second-order valence-electron chi connectivity index (χ2n) is 6.43. The third-order valence-electron chi connectivity index (χ3n) is 4.40. The monoisotopic (exact) mass is 411 g/mol. The van der Waals surface area contributed by atoms with E-state index in [2.05, 4.69) is 0 Å². The molecule has 0 saturated carbocycles. The fourth-order valence-electron chi connectivity index (χ4n) is 3.06. The van der Waals surface area contributed by atoms with Gasteiger partial charge in [-0.1, -0.05) is 35.9 Å². The van der Waals surface area contributed by atoms with Crippen LogP contribution in [0.4, 0.5) is 4.39 Å². The molecule has 1 heterocycles. The van der Waals surface area contributed by atoms with Crippen LogP contribution < -0.4 is 4.74 Å². The molecule has 0 unspecified atom stereocenters. The summed E-state index contributed by atoms with van der Waals surface area (Å²) in [6.45, 7) is -0.168. The quantitative estimate of drug-likeness (QED) is 0.732. The maximum atomic E-state index is 13.5. The Morgan fingerprint density at radius 2 is 2.00 bits per heavy atom. The largest absolute Gasteiger partial charge is 0.482 e. The molecule has 27 heavy (non-hydrogen) atoms. The van der Waals surface area contributed by atoms with Gasteiger partial charge in [-0.2, -0.15) is 0 Å². The molecular weight excluding hydrogens is 393 g/mol. The number of rotatable bonds is 6. The summed E-state index contributed by atoms with van der Waals surface area (Å²) in [7, 11) is -3.18. The minimum Gasteiger partial charge on any atom is -0.482 e. The first-order chi connectivity index (χ1) is 12.8. The van der Waals surface area contributed by atoms with Crippen molar-refractivity contribution in [3.05, 3.63) is 64.9 Å². The van der Waals surface area contributed by atoms with Crippen LogP contribution in [0.15, 0.2) is 48.5 Å². The van der Waals surface area contributed by atoms with E-state index in [1.165, 1.54) is 17.0 Å². The highest BCUT2D eigenvalue weighted by Crippen LogP contribution is 2.24. The van der Waals surface area contributed by atoms with Crippen LogP contribution in [-0.2, 0) is 21.2 Å². The van der Waals surface area contributed by atoms with Crippen molar-refractivity contribution in [3.63, 3.8) is 0 Å². The van der Waals surface area contributed by atoms with Gasteiger partial charge in [0.25, 0.3) is 5.91 Å². The highest BCUT2D eigenvalue weighted by atomic mass is 35.5. The van der Waals surface area contributed by atoms with E-state index in [1.54, 1.807) is 36.4 Å². The van der Waals surface area contributed by atoms with E-state index in [1.807, 2.05) is 0 Å². The van der Waals surface area contributed by atoms with Gasteiger partial charge in [0.1, 0.15) is 11.6 Å². The van der Waals surface area contributed by atoms with E-state index in [-0.39, 0.29) is 30.6 Å². The Morgan fingerprint density at radius 1 is 1.22 bits per heavy atom. The molecule has 5 nitrogen and oxygen atoms in total. The van der Waals surface area contributed by atoms with Crippen LogP contribution in [0.1, 0.15) is 12.0 Å². The number of para-hydroxylation sites is 1. The van der Waals surface area contributed by atoms with Crippen LogP contribution in [0, 0.1) is 5.82 Å². The van der Waals surface area contributed by atoms with Crippen LogP contribution in [0.3, 0.4) is 0 Å². The Hall–Kier alpha value is -2.12. The summed E-state index contributed by atoms with van der Waals surface area (Å²) >= 11 is 6.03. The van der Waals surface area contributed by atoms with Crippen LogP contribution in [-0.4, -0.2) is 43.4 Å². The molecule has 2 aromatic rings. The zero-order valence-corrected chi connectivity index (χ0v) is 16.0. The summed E-state index contributed by atoms with van der Waals surface area (Å²) in [6.07, 6.45) is 0.357. The molecule has 3 rings (SSSR count). The van der Waals surface area contributed by atoms with Gasteiger partial charge in [0, 0.05) is 12.6 Å². The normalized spacial score (nSPS) is 18.2. The zero-order valence-electron chi connectivity index (χ0n) is 14.5. The first-order valence-corrected chi connectivity index (χ1v) is 10.7. The van der Waals surface area contributed by atoms with Gasteiger partial charge in [0.05, 0.1) is 16.5 Å². The number of sulfone groups is 1. The average molecular weight is 412 g/mol. The minimum atomic E-state index is -3.18. The molecule has 0 aromatic heterocycles. The van der Waals surface area contributed by atoms with Gasteiger partial charge in [0.2, 0.25) is 0 Å². The zero-order chi connectivity index (χ0) is 19.4. The van der Waals surface area contributed by atoms with E-state index < -0.39 is 21.7 Å². The fourth-order valence-corrected chi connectivity index (χ4v) is 4.98. The number of carbonyl (C=O) groups is 1. The summed E-state index contributed by atoms with van der Waals surface area (Å²) in [5, 5.41) is 0.380. The van der Waals surface area contributed by atoms with Gasteiger partial charge in [-0.05, 0) is 36.2 Å². The lowest BCUT2D eigenvalue weighted by molar-refractivity contribution is -0.136. The Labute approximate surface area is 162 Å². The van der Waals surface area contributed by atoms with E-state index in [9.17, 15) is 17.6 Å². The summed E-state index contributed by atoms with van der Waals surface area (Å²) in [4.78, 5) is 14.2. The van der Waals surface area contributed by atoms with Crippen LogP contribution >= 0.6 is 11.6 Å². The summed E-state index contributed by atoms with van der Waals surface area (Å²) in [5.74, 6) is -0.472. The number of carbonyl (C=O) groups excluding carboxylic acids is 1. The van der Waals surface area contributed by atoms with Gasteiger partial charge in [-0.3, -0.25) is 4.79 Å². The Balaban J connectivity index is 1.76. The molecule has 0 bridgehead atoms. The molecule has 1 fully saturated rings. The number of halogens is 2. The maximum absolute atomic E-state index is 13.5. The lowest BCUT2D eigenvalue weighted by Crippen LogP contribution is -2.43. The highest BCUT2D eigenvalue weighted by Gasteiger charge is 2.34. The molecule has 1 aliphatic heterocycles. The molecule has 1 amide bonds. The van der Waals surface area contributed by atoms with Gasteiger partial charge in [-0.25, -0.2) is 12.8 Å². The first-order valence-electron chi connectivity index (χ1n) is 8.46. The van der Waals surface area contributed by atoms with Crippen molar-refractivity contribution in [2.75, 3.05) is 18.1 Å². The molecule has 0 aliphatic carbocycles. The molecule has 1 saturated heterocycles. The topological polar surface area (TPSA) is 63.7 Å². The van der Waals surface area contributed by atoms with E-state index in [0.29, 0.717) is 22.8 Å². The second kappa shape index (κ2) is 8.27. The smallest absolute Gasteiger partial charge is 0.261 e. The van der Waals surface area contributed by atoms with Gasteiger partial charge >= 0.3 is 0 Å². The Bertz CT molecular complexity index is 935. The molecular formula is C19H19ClFNO4S. The van der Waals surface area contributed by atoms with Crippen molar-refractivity contribution >= 4 is 27.3 Å². The number of ether oxygens (including phenoxy) is 1. The average Bonchev–Trinajstić information content (AvgIpc) is 2.98. The lowest BCUT2D eigenvalue weighted by atomic mass is 10.1. The molecule has 1 atom stereocenters. The summed E-state index contributed by atoms with van der Waals surface area (Å²) in [5.41, 5.74) is 0.588. The Morgan fingerprint density at radius 3 is 2.67 bits per heavy atom. The number of nitrogens with zero attached hydrogens (tertiary/aromatic N) is 1. The molecule has 144 valence electrons. The maximum Gasteiger partial charge on any atom is 0.261 e. The third kappa shape index (κ3) is 5.20. The second-order valence-corrected chi connectivity index (χ2v) is 9.06. The number of hydrogen-bond acceptors (Lipinski definition) is 4. The molecule has 0 N–H and O–H groups in total.